The number of hydrogen-bond donors (Lipinski definition) is 0. The zero-order chi connectivity index (χ0) is 13.5. The summed E-state index contributed by atoms with van der Waals surface area (Å²) < 4.78 is 4.75. The van der Waals surface area contributed by atoms with E-state index in [0.717, 1.165) is 0 Å². The van der Waals surface area contributed by atoms with Crippen molar-refractivity contribution < 1.29 is 14.3 Å². The highest BCUT2D eigenvalue weighted by molar-refractivity contribution is 6.29. The maximum Gasteiger partial charge on any atom is 0.413 e. The second-order valence-corrected chi connectivity index (χ2v) is 3.72. The Morgan fingerprint density at radius 3 is 2.83 bits per heavy atom. The number of allylic oxidation sites excluding steroid dienone is 1. The molecule has 0 fully saturated rings. The first-order valence-corrected chi connectivity index (χ1v) is 5.67. The molecule has 0 saturated heterocycles. The minimum Gasteiger partial charge on any atom is -0.449 e. The molecule has 0 aliphatic rings. The molecule has 1 amide bonds. The van der Waals surface area contributed by atoms with Gasteiger partial charge in [0.15, 0.2) is 0 Å². The van der Waals surface area contributed by atoms with Crippen molar-refractivity contribution in [3.8, 4) is 0 Å². The fourth-order valence-electron chi connectivity index (χ4n) is 1.10. The van der Waals surface area contributed by atoms with E-state index >= 15 is 0 Å². The molecule has 0 unspecified atom stereocenters. The summed E-state index contributed by atoms with van der Waals surface area (Å²) in [4.78, 5) is 28.0. The molecule has 96 valence electrons. The van der Waals surface area contributed by atoms with Crippen LogP contribution in [0, 0.1) is 0 Å². The van der Waals surface area contributed by atoms with Gasteiger partial charge in [0, 0.05) is 19.3 Å². The molecule has 1 aromatic rings. The third kappa shape index (κ3) is 4.18. The SMILES string of the molecule is CCOC(=O)N(C)C=CC(=O)c1cccc(Cl)n1. The van der Waals surface area contributed by atoms with Crippen LogP contribution in [0.2, 0.25) is 5.15 Å². The number of amides is 1. The normalized spacial score (nSPS) is 10.4. The van der Waals surface area contributed by atoms with Crippen molar-refractivity contribution >= 4 is 23.5 Å². The molecule has 1 heterocycles. The molecule has 0 aromatic carbocycles. The van der Waals surface area contributed by atoms with E-state index < -0.39 is 6.09 Å². The number of halogens is 1. The molecule has 0 aliphatic heterocycles. The summed E-state index contributed by atoms with van der Waals surface area (Å²) in [5.74, 6) is -0.339. The van der Waals surface area contributed by atoms with Gasteiger partial charge in [-0.15, -0.1) is 0 Å². The van der Waals surface area contributed by atoms with E-state index in [1.165, 1.54) is 24.2 Å². The lowest BCUT2D eigenvalue weighted by Crippen LogP contribution is -2.22. The minimum atomic E-state index is -0.527. The number of nitrogens with zero attached hydrogens (tertiary/aromatic N) is 2. The third-order valence-electron chi connectivity index (χ3n) is 1.97. The van der Waals surface area contributed by atoms with Gasteiger partial charge in [0.25, 0.3) is 0 Å². The second-order valence-electron chi connectivity index (χ2n) is 3.34. The smallest absolute Gasteiger partial charge is 0.413 e. The van der Waals surface area contributed by atoms with Crippen molar-refractivity contribution in [3.63, 3.8) is 0 Å². The molecule has 0 radical (unpaired) electrons. The van der Waals surface area contributed by atoms with Gasteiger partial charge in [-0.3, -0.25) is 9.69 Å². The Balaban J connectivity index is 2.67. The van der Waals surface area contributed by atoms with Crippen LogP contribution in [0.15, 0.2) is 30.5 Å². The number of carbonyl (C=O) groups is 2. The number of hydrogen-bond acceptors (Lipinski definition) is 4. The molecule has 0 saturated carbocycles. The summed E-state index contributed by atoms with van der Waals surface area (Å²) in [5, 5.41) is 0.244. The summed E-state index contributed by atoms with van der Waals surface area (Å²) in [6.45, 7) is 1.98. The van der Waals surface area contributed by atoms with Crippen LogP contribution in [0.5, 0.6) is 0 Å². The van der Waals surface area contributed by atoms with Gasteiger partial charge in [-0.2, -0.15) is 0 Å². The third-order valence-corrected chi connectivity index (χ3v) is 2.18. The van der Waals surface area contributed by atoms with Crippen LogP contribution in [-0.2, 0) is 4.74 Å². The zero-order valence-electron chi connectivity index (χ0n) is 10.1. The molecule has 1 aromatic heterocycles. The molecule has 0 atom stereocenters. The van der Waals surface area contributed by atoms with E-state index in [-0.39, 0.29) is 23.2 Å². The van der Waals surface area contributed by atoms with Crippen molar-refractivity contribution in [3.05, 3.63) is 41.3 Å². The van der Waals surface area contributed by atoms with E-state index in [9.17, 15) is 9.59 Å². The lowest BCUT2D eigenvalue weighted by atomic mass is 10.2. The van der Waals surface area contributed by atoms with E-state index in [1.54, 1.807) is 25.1 Å². The number of ketones is 1. The molecule has 6 heteroatoms. The quantitative estimate of drug-likeness (QED) is 0.478. The standard InChI is InChI=1S/C12H13ClN2O3/c1-3-18-12(17)15(2)8-7-10(16)9-5-4-6-11(13)14-9/h4-8H,3H2,1-2H3. The van der Waals surface area contributed by atoms with Crippen molar-refractivity contribution in [2.45, 2.75) is 6.92 Å². The van der Waals surface area contributed by atoms with Crippen molar-refractivity contribution in [2.24, 2.45) is 0 Å². The fraction of sp³-hybridized carbons (Fsp3) is 0.250. The van der Waals surface area contributed by atoms with Gasteiger partial charge in [0.2, 0.25) is 5.78 Å². The molecule has 0 N–H and O–H groups in total. The zero-order valence-corrected chi connectivity index (χ0v) is 10.8. The number of ether oxygens (including phenoxy) is 1. The summed E-state index contributed by atoms with van der Waals surface area (Å²) in [7, 11) is 1.49. The molecule has 0 aliphatic carbocycles. The van der Waals surface area contributed by atoms with Crippen LogP contribution in [0.25, 0.3) is 0 Å². The van der Waals surface area contributed by atoms with Crippen molar-refractivity contribution in [1.29, 1.82) is 0 Å². The van der Waals surface area contributed by atoms with E-state index in [4.69, 9.17) is 16.3 Å². The predicted octanol–water partition coefficient (Wildman–Crippen LogP) is 2.52. The van der Waals surface area contributed by atoms with Crippen LogP contribution in [0.3, 0.4) is 0 Å². The van der Waals surface area contributed by atoms with Gasteiger partial charge in [-0.05, 0) is 19.1 Å². The Morgan fingerprint density at radius 2 is 2.22 bits per heavy atom. The fourth-order valence-corrected chi connectivity index (χ4v) is 1.26. The minimum absolute atomic E-state index is 0.219. The van der Waals surface area contributed by atoms with Crippen LogP contribution in [0.1, 0.15) is 17.4 Å². The van der Waals surface area contributed by atoms with Gasteiger partial charge < -0.3 is 4.74 Å². The van der Waals surface area contributed by atoms with Crippen molar-refractivity contribution in [1.82, 2.24) is 9.88 Å². The lowest BCUT2D eigenvalue weighted by Gasteiger charge is -2.10. The van der Waals surface area contributed by atoms with Crippen LogP contribution in [0.4, 0.5) is 4.79 Å². The Bertz CT molecular complexity index is 474. The summed E-state index contributed by atoms with van der Waals surface area (Å²) >= 11 is 5.67. The molecule has 5 nitrogen and oxygen atoms in total. The lowest BCUT2D eigenvalue weighted by molar-refractivity contribution is 0.104. The van der Waals surface area contributed by atoms with E-state index in [0.29, 0.717) is 0 Å². The summed E-state index contributed by atoms with van der Waals surface area (Å²) in [5.41, 5.74) is 0.219. The first-order valence-electron chi connectivity index (χ1n) is 5.29. The molecule has 0 bridgehead atoms. The summed E-state index contributed by atoms with van der Waals surface area (Å²) in [6.07, 6.45) is 2.03. The molecular weight excluding hydrogens is 256 g/mol. The monoisotopic (exact) mass is 268 g/mol. The Hall–Kier alpha value is -1.88. The summed E-state index contributed by atoms with van der Waals surface area (Å²) in [6, 6.07) is 4.75. The highest BCUT2D eigenvalue weighted by Crippen LogP contribution is 2.06. The van der Waals surface area contributed by atoms with Gasteiger partial charge >= 0.3 is 6.09 Å². The van der Waals surface area contributed by atoms with E-state index in [2.05, 4.69) is 4.98 Å². The van der Waals surface area contributed by atoms with Crippen LogP contribution < -0.4 is 0 Å². The topological polar surface area (TPSA) is 59.5 Å². The highest BCUT2D eigenvalue weighted by atomic mass is 35.5. The Morgan fingerprint density at radius 1 is 1.50 bits per heavy atom. The van der Waals surface area contributed by atoms with Gasteiger partial charge in [0.05, 0.1) is 6.61 Å². The van der Waals surface area contributed by atoms with Crippen LogP contribution in [-0.4, -0.2) is 35.4 Å². The maximum atomic E-state index is 11.7. The number of rotatable bonds is 4. The highest BCUT2D eigenvalue weighted by Gasteiger charge is 2.07. The predicted molar refractivity (Wildman–Crippen MR) is 67.5 cm³/mol. The van der Waals surface area contributed by atoms with Crippen LogP contribution >= 0.6 is 11.6 Å². The van der Waals surface area contributed by atoms with Gasteiger partial charge in [-0.25, -0.2) is 9.78 Å². The average molecular weight is 269 g/mol. The first kappa shape index (κ1) is 14.2. The molecule has 1 rings (SSSR count). The number of carbonyl (C=O) groups excluding carboxylic acids is 2. The largest absolute Gasteiger partial charge is 0.449 e. The first-order chi connectivity index (χ1) is 8.54. The van der Waals surface area contributed by atoms with Gasteiger partial charge in [0.1, 0.15) is 10.8 Å². The number of aromatic nitrogens is 1. The number of pyridine rings is 1. The van der Waals surface area contributed by atoms with Gasteiger partial charge in [-0.1, -0.05) is 17.7 Å². The Labute approximate surface area is 110 Å². The molecular formula is C12H13ClN2O3. The molecule has 18 heavy (non-hydrogen) atoms. The maximum absolute atomic E-state index is 11.7. The van der Waals surface area contributed by atoms with E-state index in [1.807, 2.05) is 0 Å². The average Bonchev–Trinajstić information content (AvgIpc) is 2.35. The molecule has 0 spiro atoms. The second kappa shape index (κ2) is 6.76. The Kier molecular flexibility index (Phi) is 5.32. The van der Waals surface area contributed by atoms with Crippen molar-refractivity contribution in [2.75, 3.05) is 13.7 Å².